The van der Waals surface area contributed by atoms with Gasteiger partial charge in [0.05, 0.1) is 11.6 Å². The fourth-order valence-electron chi connectivity index (χ4n) is 2.14. The maximum atomic E-state index is 6.19. The summed E-state index contributed by atoms with van der Waals surface area (Å²) in [5.41, 5.74) is 2.32. The van der Waals surface area contributed by atoms with Crippen LogP contribution in [-0.4, -0.2) is 6.61 Å². The molecule has 0 heterocycles. The normalized spacial score (nSPS) is 10.7. The molecule has 2 heteroatoms. The van der Waals surface area contributed by atoms with E-state index >= 15 is 0 Å². The van der Waals surface area contributed by atoms with Gasteiger partial charge in [-0.3, -0.25) is 0 Å². The lowest BCUT2D eigenvalue weighted by Gasteiger charge is -2.11. The molecule has 0 radical (unpaired) electrons. The molecule has 0 N–H and O–H groups in total. The summed E-state index contributed by atoms with van der Waals surface area (Å²) in [5, 5.41) is 0.735. The molecular formula is C16H25ClO. The largest absolute Gasteiger partial charge is 0.492 e. The van der Waals surface area contributed by atoms with Crippen LogP contribution in [0.15, 0.2) is 12.1 Å². The zero-order valence-electron chi connectivity index (χ0n) is 11.9. The highest BCUT2D eigenvalue weighted by molar-refractivity contribution is 6.32. The Morgan fingerprint density at radius 2 is 1.67 bits per heavy atom. The molecule has 0 amide bonds. The summed E-state index contributed by atoms with van der Waals surface area (Å²) in [6, 6.07) is 4.08. The standard InChI is InChI=1S/C16H25ClO/c1-4-5-6-7-8-9-10-18-16-14(3)11-13(2)12-15(16)17/h11-12H,4-10H2,1-3H3. The van der Waals surface area contributed by atoms with E-state index in [1.807, 2.05) is 6.07 Å². The molecule has 0 saturated carbocycles. The Morgan fingerprint density at radius 1 is 1.00 bits per heavy atom. The monoisotopic (exact) mass is 268 g/mol. The van der Waals surface area contributed by atoms with Gasteiger partial charge in [0, 0.05) is 0 Å². The van der Waals surface area contributed by atoms with E-state index in [0.29, 0.717) is 0 Å². The molecule has 0 aliphatic heterocycles. The highest BCUT2D eigenvalue weighted by Crippen LogP contribution is 2.29. The molecule has 0 saturated heterocycles. The van der Waals surface area contributed by atoms with E-state index in [-0.39, 0.29) is 0 Å². The first-order valence-electron chi connectivity index (χ1n) is 7.04. The van der Waals surface area contributed by atoms with Gasteiger partial charge in [-0.15, -0.1) is 0 Å². The summed E-state index contributed by atoms with van der Waals surface area (Å²) in [7, 11) is 0. The van der Waals surface area contributed by atoms with Crippen LogP contribution in [0.3, 0.4) is 0 Å². The second-order valence-electron chi connectivity index (χ2n) is 5.01. The van der Waals surface area contributed by atoms with Crippen LogP contribution in [0.25, 0.3) is 0 Å². The summed E-state index contributed by atoms with van der Waals surface area (Å²) in [5.74, 6) is 0.857. The van der Waals surface area contributed by atoms with Crippen LogP contribution in [0.1, 0.15) is 56.6 Å². The molecule has 1 aromatic carbocycles. The molecule has 102 valence electrons. The lowest BCUT2D eigenvalue weighted by Crippen LogP contribution is -2.00. The van der Waals surface area contributed by atoms with Crippen LogP contribution in [0, 0.1) is 13.8 Å². The van der Waals surface area contributed by atoms with Crippen LogP contribution in [0.4, 0.5) is 0 Å². The Morgan fingerprint density at radius 3 is 2.33 bits per heavy atom. The highest BCUT2D eigenvalue weighted by atomic mass is 35.5. The van der Waals surface area contributed by atoms with Crippen molar-refractivity contribution in [1.82, 2.24) is 0 Å². The number of hydrogen-bond donors (Lipinski definition) is 0. The summed E-state index contributed by atoms with van der Waals surface area (Å²) in [4.78, 5) is 0. The number of benzene rings is 1. The highest BCUT2D eigenvalue weighted by Gasteiger charge is 2.06. The fourth-order valence-corrected chi connectivity index (χ4v) is 2.52. The van der Waals surface area contributed by atoms with E-state index in [9.17, 15) is 0 Å². The van der Waals surface area contributed by atoms with Gasteiger partial charge >= 0.3 is 0 Å². The zero-order chi connectivity index (χ0) is 13.4. The van der Waals surface area contributed by atoms with Gasteiger partial charge < -0.3 is 4.74 Å². The van der Waals surface area contributed by atoms with Gasteiger partial charge in [0.1, 0.15) is 5.75 Å². The molecule has 1 aromatic rings. The van der Waals surface area contributed by atoms with Gasteiger partial charge in [-0.25, -0.2) is 0 Å². The van der Waals surface area contributed by atoms with Gasteiger partial charge in [0.2, 0.25) is 0 Å². The molecular weight excluding hydrogens is 244 g/mol. The first-order chi connectivity index (χ1) is 8.65. The van der Waals surface area contributed by atoms with E-state index in [1.54, 1.807) is 0 Å². The Bertz CT molecular complexity index is 337. The average Bonchev–Trinajstić information content (AvgIpc) is 2.30. The summed E-state index contributed by atoms with van der Waals surface area (Å²) >= 11 is 6.19. The number of hydrogen-bond acceptors (Lipinski definition) is 1. The smallest absolute Gasteiger partial charge is 0.140 e. The second kappa shape index (κ2) is 8.42. The lowest BCUT2D eigenvalue weighted by atomic mass is 10.1. The van der Waals surface area contributed by atoms with E-state index < -0.39 is 0 Å². The predicted octanol–water partition coefficient (Wildman–Crippen LogP) is 5.70. The molecule has 1 rings (SSSR count). The van der Waals surface area contributed by atoms with E-state index in [0.717, 1.165) is 29.4 Å². The SMILES string of the molecule is CCCCCCCCOc1c(C)cc(C)cc1Cl. The molecule has 0 fully saturated rings. The molecule has 0 aliphatic rings. The lowest BCUT2D eigenvalue weighted by molar-refractivity contribution is 0.302. The zero-order valence-corrected chi connectivity index (χ0v) is 12.6. The number of unbranched alkanes of at least 4 members (excludes halogenated alkanes) is 5. The molecule has 0 aromatic heterocycles. The van der Waals surface area contributed by atoms with Gasteiger partial charge in [0.25, 0.3) is 0 Å². The number of rotatable bonds is 8. The van der Waals surface area contributed by atoms with E-state index in [4.69, 9.17) is 16.3 Å². The second-order valence-corrected chi connectivity index (χ2v) is 5.42. The molecule has 1 nitrogen and oxygen atoms in total. The first-order valence-corrected chi connectivity index (χ1v) is 7.42. The Balaban J connectivity index is 2.27. The maximum Gasteiger partial charge on any atom is 0.140 e. The van der Waals surface area contributed by atoms with Crippen molar-refractivity contribution in [2.75, 3.05) is 6.61 Å². The summed E-state index contributed by atoms with van der Waals surface area (Å²) in [6.07, 6.45) is 7.69. The minimum absolute atomic E-state index is 0.735. The Kier molecular flexibility index (Phi) is 7.19. The van der Waals surface area contributed by atoms with Crippen molar-refractivity contribution in [3.63, 3.8) is 0 Å². The van der Waals surface area contributed by atoms with Gasteiger partial charge in [-0.2, -0.15) is 0 Å². The minimum Gasteiger partial charge on any atom is -0.492 e. The van der Waals surface area contributed by atoms with Crippen molar-refractivity contribution in [3.05, 3.63) is 28.3 Å². The van der Waals surface area contributed by atoms with Crippen LogP contribution < -0.4 is 4.74 Å². The predicted molar refractivity (Wildman–Crippen MR) is 79.8 cm³/mol. The summed E-state index contributed by atoms with van der Waals surface area (Å²) < 4.78 is 5.80. The molecule has 0 bridgehead atoms. The van der Waals surface area contributed by atoms with Crippen molar-refractivity contribution >= 4 is 11.6 Å². The quantitative estimate of drug-likeness (QED) is 0.550. The molecule has 0 aliphatic carbocycles. The van der Waals surface area contributed by atoms with E-state index in [1.165, 1.54) is 37.7 Å². The first kappa shape index (κ1) is 15.4. The Hall–Kier alpha value is -0.690. The fraction of sp³-hybridized carbons (Fsp3) is 0.625. The third-order valence-corrected chi connectivity index (χ3v) is 3.40. The minimum atomic E-state index is 0.735. The van der Waals surface area contributed by atoms with Crippen LogP contribution in [0.5, 0.6) is 5.75 Å². The topological polar surface area (TPSA) is 9.23 Å². The van der Waals surface area contributed by atoms with Crippen molar-refractivity contribution in [1.29, 1.82) is 0 Å². The number of aryl methyl sites for hydroxylation is 2. The molecule has 0 spiro atoms. The molecule has 0 atom stereocenters. The molecule has 0 unspecified atom stereocenters. The molecule has 18 heavy (non-hydrogen) atoms. The van der Waals surface area contributed by atoms with Crippen molar-refractivity contribution in [3.8, 4) is 5.75 Å². The summed E-state index contributed by atoms with van der Waals surface area (Å²) in [6.45, 7) is 7.12. The Labute approximate surface area is 116 Å². The van der Waals surface area contributed by atoms with Crippen LogP contribution in [0.2, 0.25) is 5.02 Å². The van der Waals surface area contributed by atoms with Gasteiger partial charge in [0.15, 0.2) is 0 Å². The average molecular weight is 269 g/mol. The maximum absolute atomic E-state index is 6.19. The van der Waals surface area contributed by atoms with Crippen molar-refractivity contribution in [2.45, 2.75) is 59.3 Å². The van der Waals surface area contributed by atoms with Crippen LogP contribution in [-0.2, 0) is 0 Å². The number of halogens is 1. The third kappa shape index (κ3) is 5.30. The van der Waals surface area contributed by atoms with Crippen molar-refractivity contribution < 1.29 is 4.74 Å². The third-order valence-electron chi connectivity index (χ3n) is 3.12. The van der Waals surface area contributed by atoms with Crippen molar-refractivity contribution in [2.24, 2.45) is 0 Å². The van der Waals surface area contributed by atoms with Gasteiger partial charge in [-0.1, -0.05) is 56.7 Å². The van der Waals surface area contributed by atoms with Gasteiger partial charge in [-0.05, 0) is 37.5 Å². The van der Waals surface area contributed by atoms with E-state index in [2.05, 4.69) is 26.8 Å². The van der Waals surface area contributed by atoms with Crippen LogP contribution >= 0.6 is 11.6 Å². The number of ether oxygens (including phenoxy) is 1.